The molecule has 3 rings (SSSR count). The number of pyridine rings is 1. The van der Waals surface area contributed by atoms with Gasteiger partial charge in [0.2, 0.25) is 5.43 Å². The molecule has 2 N–H and O–H groups in total. The van der Waals surface area contributed by atoms with Gasteiger partial charge in [-0.2, -0.15) is 0 Å². The van der Waals surface area contributed by atoms with Crippen molar-refractivity contribution < 1.29 is 14.3 Å². The Kier molecular flexibility index (Phi) is 13.3. The summed E-state index contributed by atoms with van der Waals surface area (Å²) in [5.41, 5.74) is 4.13. The highest BCUT2D eigenvalue weighted by Crippen LogP contribution is 2.28. The average Bonchev–Trinajstić information content (AvgIpc) is 2.95. The zero-order valence-electron chi connectivity index (χ0n) is 22.2. The first-order chi connectivity index (χ1) is 17.5. The van der Waals surface area contributed by atoms with Gasteiger partial charge in [-0.1, -0.05) is 88.4 Å². The molecular weight excluding hydrogens is 454 g/mol. The molecule has 36 heavy (non-hydrogen) atoms. The largest absolute Gasteiger partial charge is 0.482 e. The van der Waals surface area contributed by atoms with Crippen LogP contribution in [-0.4, -0.2) is 23.9 Å². The van der Waals surface area contributed by atoms with E-state index in [9.17, 15) is 14.4 Å². The first kappa shape index (κ1) is 30.2. The number of rotatable bonds is 10. The minimum absolute atomic E-state index is 0.0472. The summed E-state index contributed by atoms with van der Waals surface area (Å²) < 4.78 is 7.33. The van der Waals surface area contributed by atoms with E-state index in [0.717, 1.165) is 17.4 Å². The number of ether oxygens (including phenoxy) is 1. The molecule has 2 aromatic carbocycles. The fraction of sp³-hybridized carbons (Fsp3) is 0.345. The molecule has 0 aliphatic heterocycles. The molecule has 0 aliphatic carbocycles. The van der Waals surface area contributed by atoms with Crippen LogP contribution in [0, 0.1) is 0 Å². The van der Waals surface area contributed by atoms with E-state index < -0.39 is 16.9 Å². The number of aldehydes is 1. The summed E-state index contributed by atoms with van der Waals surface area (Å²) in [7, 11) is 1.49. The smallest absolute Gasteiger partial charge is 0.273 e. The highest BCUT2D eigenvalue weighted by atomic mass is 16.5. The first-order valence-electron chi connectivity index (χ1n) is 12.4. The van der Waals surface area contributed by atoms with Crippen molar-refractivity contribution in [3.63, 3.8) is 0 Å². The zero-order chi connectivity index (χ0) is 27.0. The van der Waals surface area contributed by atoms with Crippen LogP contribution in [0.4, 0.5) is 0 Å². The van der Waals surface area contributed by atoms with Crippen molar-refractivity contribution in [2.75, 3.05) is 12.5 Å². The maximum Gasteiger partial charge on any atom is 0.273 e. The Morgan fingerprint density at radius 1 is 0.972 bits per heavy atom. The average molecular weight is 494 g/mol. The summed E-state index contributed by atoms with van der Waals surface area (Å²) in [6.07, 6.45) is 3.18. The van der Waals surface area contributed by atoms with Gasteiger partial charge in [0.25, 0.3) is 5.91 Å². The van der Waals surface area contributed by atoms with Crippen molar-refractivity contribution in [2.45, 2.75) is 59.6 Å². The van der Waals surface area contributed by atoms with E-state index in [2.05, 4.69) is 10.7 Å². The number of hydrogen-bond acceptors (Lipinski definition) is 5. The van der Waals surface area contributed by atoms with Gasteiger partial charge < -0.3 is 20.3 Å². The molecule has 3 aromatic rings. The molecule has 1 amide bonds. The van der Waals surface area contributed by atoms with Gasteiger partial charge in [-0.25, -0.2) is 0 Å². The minimum atomic E-state index is -0.684. The number of aromatic nitrogens is 1. The van der Waals surface area contributed by atoms with Gasteiger partial charge in [-0.3, -0.25) is 14.3 Å². The highest BCUT2D eigenvalue weighted by molar-refractivity contribution is 5.95. The molecule has 1 heterocycles. The fourth-order valence-corrected chi connectivity index (χ4v) is 3.50. The summed E-state index contributed by atoms with van der Waals surface area (Å²) in [4.78, 5) is 36.6. The quantitative estimate of drug-likeness (QED) is 0.375. The van der Waals surface area contributed by atoms with E-state index in [1.54, 1.807) is 0 Å². The van der Waals surface area contributed by atoms with Gasteiger partial charge in [0, 0.05) is 25.7 Å². The summed E-state index contributed by atoms with van der Waals surface area (Å²) in [5, 5.41) is 2.58. The van der Waals surface area contributed by atoms with Gasteiger partial charge in [0.05, 0.1) is 5.54 Å². The second-order valence-corrected chi connectivity index (χ2v) is 7.60. The van der Waals surface area contributed by atoms with Crippen LogP contribution in [0.15, 0.2) is 77.7 Å². The lowest BCUT2D eigenvalue weighted by Crippen LogP contribution is -2.41. The van der Waals surface area contributed by atoms with Gasteiger partial charge in [-0.15, -0.1) is 0 Å². The Balaban J connectivity index is 0.00000154. The first-order valence-corrected chi connectivity index (χ1v) is 12.4. The van der Waals surface area contributed by atoms with Crippen molar-refractivity contribution in [1.82, 2.24) is 9.99 Å². The third-order valence-corrected chi connectivity index (χ3v) is 5.26. The van der Waals surface area contributed by atoms with Gasteiger partial charge in [0.1, 0.15) is 12.9 Å². The van der Waals surface area contributed by atoms with Crippen LogP contribution in [0.25, 0.3) is 0 Å². The number of amides is 1. The maximum atomic E-state index is 12.8. The van der Waals surface area contributed by atoms with Crippen molar-refractivity contribution in [2.24, 2.45) is 0 Å². The maximum absolute atomic E-state index is 12.8. The molecular formula is C29H39N3O4. The summed E-state index contributed by atoms with van der Waals surface area (Å²) in [5.74, 6) is -0.516. The molecule has 194 valence electrons. The van der Waals surface area contributed by atoms with Crippen LogP contribution in [0.5, 0.6) is 5.75 Å². The van der Waals surface area contributed by atoms with Crippen LogP contribution in [-0.2, 0) is 16.9 Å². The van der Waals surface area contributed by atoms with Crippen molar-refractivity contribution in [1.29, 1.82) is 0 Å². The fourth-order valence-electron chi connectivity index (χ4n) is 3.50. The van der Waals surface area contributed by atoms with E-state index >= 15 is 0 Å². The number of benzene rings is 2. The Hall–Kier alpha value is -3.87. The molecule has 0 bridgehead atoms. The summed E-state index contributed by atoms with van der Waals surface area (Å²) in [6, 6.07) is 20.4. The van der Waals surface area contributed by atoms with Crippen molar-refractivity contribution in [3.05, 3.63) is 100.0 Å². The van der Waals surface area contributed by atoms with Crippen molar-refractivity contribution in [3.8, 4) is 5.75 Å². The Bertz CT molecular complexity index is 1110. The lowest BCUT2D eigenvalue weighted by atomic mass is 9.88. The third-order valence-electron chi connectivity index (χ3n) is 5.26. The van der Waals surface area contributed by atoms with Crippen LogP contribution in [0.3, 0.4) is 0 Å². The standard InChI is InChI=1S/C25H27N3O4.2C2H6/c1-25(15-9-17-29,20-12-7-4-8-13-20)27-28-16-14-21(30)23(22(28)24(31)26-2)32-18-19-10-5-3-6-11-19;2*1-2/h3-8,10-14,16-17,27H,9,15,18H2,1-2H3,(H,26,31);2*1-2H3. The topological polar surface area (TPSA) is 89.4 Å². The minimum Gasteiger partial charge on any atom is -0.482 e. The van der Waals surface area contributed by atoms with Crippen LogP contribution < -0.4 is 20.9 Å². The van der Waals surface area contributed by atoms with Crippen LogP contribution in [0.2, 0.25) is 0 Å². The van der Waals surface area contributed by atoms with E-state index in [-0.39, 0.29) is 18.1 Å². The monoisotopic (exact) mass is 493 g/mol. The van der Waals surface area contributed by atoms with E-state index in [4.69, 9.17) is 4.74 Å². The Morgan fingerprint density at radius 2 is 1.56 bits per heavy atom. The number of nitrogens with zero attached hydrogens (tertiary/aromatic N) is 1. The molecule has 0 aliphatic rings. The molecule has 0 fully saturated rings. The van der Waals surface area contributed by atoms with Gasteiger partial charge in [0.15, 0.2) is 11.4 Å². The molecule has 0 saturated carbocycles. The molecule has 7 nitrogen and oxygen atoms in total. The number of nitrogens with one attached hydrogen (secondary N) is 2. The Labute approximate surface area is 214 Å². The highest BCUT2D eigenvalue weighted by Gasteiger charge is 2.29. The molecule has 0 spiro atoms. The van der Waals surface area contributed by atoms with E-state index in [1.165, 1.54) is 24.0 Å². The second-order valence-electron chi connectivity index (χ2n) is 7.60. The molecule has 0 radical (unpaired) electrons. The third kappa shape index (κ3) is 8.12. The second kappa shape index (κ2) is 15.9. The van der Waals surface area contributed by atoms with Gasteiger partial charge >= 0.3 is 0 Å². The Morgan fingerprint density at radius 3 is 2.11 bits per heavy atom. The zero-order valence-corrected chi connectivity index (χ0v) is 22.2. The predicted molar refractivity (Wildman–Crippen MR) is 146 cm³/mol. The SMILES string of the molecule is CC.CC.CNC(=O)c1c(OCc2ccccc2)c(=O)ccn1NC(C)(CCC=O)c1ccccc1. The number of carbonyl (C=O) groups is 2. The lowest BCUT2D eigenvalue weighted by Gasteiger charge is -2.34. The lowest BCUT2D eigenvalue weighted by molar-refractivity contribution is -0.108. The van der Waals surface area contributed by atoms with Crippen LogP contribution >= 0.6 is 0 Å². The summed E-state index contributed by atoms with van der Waals surface area (Å²) in [6.45, 7) is 10.1. The molecule has 0 saturated heterocycles. The van der Waals surface area contributed by atoms with E-state index in [0.29, 0.717) is 12.8 Å². The molecule has 1 unspecified atom stereocenters. The van der Waals surface area contributed by atoms with Crippen molar-refractivity contribution >= 4 is 12.2 Å². The van der Waals surface area contributed by atoms with Gasteiger partial charge in [-0.05, 0) is 24.5 Å². The van der Waals surface area contributed by atoms with Crippen LogP contribution in [0.1, 0.15) is 69.1 Å². The summed E-state index contributed by atoms with van der Waals surface area (Å²) >= 11 is 0. The molecule has 7 heteroatoms. The number of carbonyl (C=O) groups excluding carboxylic acids is 2. The normalized spacial score (nSPS) is 11.4. The predicted octanol–water partition coefficient (Wildman–Crippen LogP) is 5.28. The molecule has 1 aromatic heterocycles. The molecule has 1 atom stereocenters. The number of hydrogen-bond donors (Lipinski definition) is 2. The van der Waals surface area contributed by atoms with E-state index in [1.807, 2.05) is 95.3 Å².